The summed E-state index contributed by atoms with van der Waals surface area (Å²) >= 11 is 0. The number of hydrogen-bond donors (Lipinski definition) is 1. The van der Waals surface area contributed by atoms with E-state index in [4.69, 9.17) is 9.47 Å². The van der Waals surface area contributed by atoms with E-state index < -0.39 is 5.60 Å². The van der Waals surface area contributed by atoms with Crippen molar-refractivity contribution in [3.05, 3.63) is 35.9 Å². The molecule has 2 saturated heterocycles. The van der Waals surface area contributed by atoms with Gasteiger partial charge in [0.25, 0.3) is 0 Å². The molecule has 0 bridgehead atoms. The highest BCUT2D eigenvalue weighted by atomic mass is 16.6. The minimum atomic E-state index is -0.518. The summed E-state index contributed by atoms with van der Waals surface area (Å²) in [5, 5.41) is 3.50. The molecule has 2 unspecified atom stereocenters. The van der Waals surface area contributed by atoms with Crippen LogP contribution in [0.4, 0.5) is 9.59 Å². The summed E-state index contributed by atoms with van der Waals surface area (Å²) < 4.78 is 11.1. The van der Waals surface area contributed by atoms with Crippen molar-refractivity contribution in [2.24, 2.45) is 0 Å². The fourth-order valence-electron chi connectivity index (χ4n) is 3.78. The molecule has 1 aromatic rings. The van der Waals surface area contributed by atoms with Crippen LogP contribution in [0, 0.1) is 0 Å². The quantitative estimate of drug-likeness (QED) is 0.842. The number of nitrogens with one attached hydrogen (secondary N) is 1. The normalized spacial score (nSPS) is 22.8. The number of amides is 2. The summed E-state index contributed by atoms with van der Waals surface area (Å²) in [6, 6.07) is 9.85. The van der Waals surface area contributed by atoms with E-state index in [1.165, 1.54) is 0 Å². The highest BCUT2D eigenvalue weighted by Gasteiger charge is 2.38. The molecule has 3 rings (SSSR count). The van der Waals surface area contributed by atoms with Crippen LogP contribution in [0.2, 0.25) is 0 Å². The lowest BCUT2D eigenvalue weighted by Crippen LogP contribution is -2.60. The van der Waals surface area contributed by atoms with E-state index in [0.717, 1.165) is 18.5 Å². The smallest absolute Gasteiger partial charge is 0.410 e. The van der Waals surface area contributed by atoms with E-state index in [-0.39, 0.29) is 30.9 Å². The van der Waals surface area contributed by atoms with Crippen LogP contribution in [0.25, 0.3) is 0 Å². The number of nitrogens with zero attached hydrogens (tertiary/aromatic N) is 2. The number of rotatable bonds is 2. The number of fused-ring (bicyclic) bond motifs is 1. The van der Waals surface area contributed by atoms with Gasteiger partial charge in [-0.15, -0.1) is 0 Å². The van der Waals surface area contributed by atoms with Crippen LogP contribution in [0.1, 0.15) is 39.2 Å². The maximum atomic E-state index is 12.6. The van der Waals surface area contributed by atoms with E-state index in [1.54, 1.807) is 4.90 Å². The van der Waals surface area contributed by atoms with Crippen LogP contribution < -0.4 is 5.32 Å². The zero-order chi connectivity index (χ0) is 20.1. The van der Waals surface area contributed by atoms with Gasteiger partial charge in [0.05, 0.1) is 6.04 Å². The molecule has 154 valence electrons. The van der Waals surface area contributed by atoms with Crippen molar-refractivity contribution in [2.75, 3.05) is 26.2 Å². The molecule has 7 nitrogen and oxygen atoms in total. The molecule has 0 radical (unpaired) electrons. The van der Waals surface area contributed by atoms with Crippen LogP contribution in [0.5, 0.6) is 0 Å². The molecule has 7 heteroatoms. The van der Waals surface area contributed by atoms with Crippen molar-refractivity contribution in [2.45, 2.75) is 57.9 Å². The Bertz CT molecular complexity index is 674. The largest absolute Gasteiger partial charge is 0.445 e. The van der Waals surface area contributed by atoms with Crippen LogP contribution in [-0.2, 0) is 16.1 Å². The Morgan fingerprint density at radius 2 is 1.79 bits per heavy atom. The van der Waals surface area contributed by atoms with Crippen LogP contribution >= 0.6 is 0 Å². The highest BCUT2D eigenvalue weighted by Crippen LogP contribution is 2.23. The third kappa shape index (κ3) is 5.38. The lowest BCUT2D eigenvalue weighted by Gasteiger charge is -2.41. The molecule has 0 spiro atoms. The molecule has 28 heavy (non-hydrogen) atoms. The van der Waals surface area contributed by atoms with E-state index in [1.807, 2.05) is 56.0 Å². The van der Waals surface area contributed by atoms with Gasteiger partial charge in [-0.3, -0.25) is 0 Å². The second kappa shape index (κ2) is 8.82. The van der Waals surface area contributed by atoms with Gasteiger partial charge in [-0.05, 0) is 39.2 Å². The number of carbonyl (C=O) groups excluding carboxylic acids is 2. The molecule has 2 fully saturated rings. The van der Waals surface area contributed by atoms with Gasteiger partial charge in [0.15, 0.2) is 0 Å². The Kier molecular flexibility index (Phi) is 6.44. The number of carbonyl (C=O) groups is 2. The van der Waals surface area contributed by atoms with E-state index >= 15 is 0 Å². The van der Waals surface area contributed by atoms with Gasteiger partial charge in [0.1, 0.15) is 12.2 Å². The standard InChI is InChI=1S/C21H31N3O4/c1-21(2,3)28-20(26)24-14-11-22-17-9-12-23(13-10-18(17)24)19(25)27-15-16-7-5-4-6-8-16/h4-8,17-18,22H,9-15H2,1-3H3. The summed E-state index contributed by atoms with van der Waals surface area (Å²) in [5.74, 6) is 0. The molecule has 2 heterocycles. The molecular weight excluding hydrogens is 358 g/mol. The van der Waals surface area contributed by atoms with Gasteiger partial charge >= 0.3 is 12.2 Å². The molecule has 2 atom stereocenters. The first-order valence-electron chi connectivity index (χ1n) is 10.0. The molecule has 0 aromatic heterocycles. The summed E-state index contributed by atoms with van der Waals surface area (Å²) in [5.41, 5.74) is 0.451. The summed E-state index contributed by atoms with van der Waals surface area (Å²) in [7, 11) is 0. The first-order valence-corrected chi connectivity index (χ1v) is 10.0. The van der Waals surface area contributed by atoms with Crippen molar-refractivity contribution in [1.29, 1.82) is 0 Å². The van der Waals surface area contributed by atoms with Crippen molar-refractivity contribution in [1.82, 2.24) is 15.1 Å². The fourth-order valence-corrected chi connectivity index (χ4v) is 3.78. The maximum Gasteiger partial charge on any atom is 0.410 e. The van der Waals surface area contributed by atoms with Gasteiger partial charge in [-0.1, -0.05) is 30.3 Å². The second-order valence-electron chi connectivity index (χ2n) is 8.41. The third-order valence-corrected chi connectivity index (χ3v) is 5.12. The Labute approximate surface area is 167 Å². The van der Waals surface area contributed by atoms with E-state index in [9.17, 15) is 9.59 Å². The molecule has 2 aliphatic rings. The lowest BCUT2D eigenvalue weighted by atomic mass is 9.99. The highest BCUT2D eigenvalue weighted by molar-refractivity contribution is 5.69. The van der Waals surface area contributed by atoms with Gasteiger partial charge in [-0.25, -0.2) is 9.59 Å². The van der Waals surface area contributed by atoms with Crippen molar-refractivity contribution in [3.63, 3.8) is 0 Å². The molecule has 1 N–H and O–H groups in total. The lowest BCUT2D eigenvalue weighted by molar-refractivity contribution is 0.00517. The minimum absolute atomic E-state index is 0.0236. The first kappa shape index (κ1) is 20.5. The zero-order valence-corrected chi connectivity index (χ0v) is 17.0. The Balaban J connectivity index is 1.58. The molecule has 2 aliphatic heterocycles. The van der Waals surface area contributed by atoms with Crippen LogP contribution in [0.3, 0.4) is 0 Å². The first-order chi connectivity index (χ1) is 13.3. The average Bonchev–Trinajstić information content (AvgIpc) is 2.88. The fraction of sp³-hybridized carbons (Fsp3) is 0.619. The molecule has 1 aromatic carbocycles. The van der Waals surface area contributed by atoms with Crippen LogP contribution in [-0.4, -0.2) is 65.9 Å². The monoisotopic (exact) mass is 389 g/mol. The Hall–Kier alpha value is -2.28. The van der Waals surface area contributed by atoms with Gasteiger partial charge in [0, 0.05) is 32.2 Å². The van der Waals surface area contributed by atoms with Crippen LogP contribution in [0.15, 0.2) is 30.3 Å². The number of piperazine rings is 1. The van der Waals surface area contributed by atoms with Gasteiger partial charge in [0.2, 0.25) is 0 Å². The molecule has 0 saturated carbocycles. The third-order valence-electron chi connectivity index (χ3n) is 5.12. The Morgan fingerprint density at radius 3 is 2.50 bits per heavy atom. The topological polar surface area (TPSA) is 71.1 Å². The summed E-state index contributed by atoms with van der Waals surface area (Å²) in [4.78, 5) is 28.7. The predicted octanol–water partition coefficient (Wildman–Crippen LogP) is 3.00. The number of ether oxygens (including phenoxy) is 2. The van der Waals surface area contributed by atoms with Gasteiger partial charge in [-0.2, -0.15) is 0 Å². The summed E-state index contributed by atoms with van der Waals surface area (Å²) in [6.45, 7) is 8.44. The van der Waals surface area contributed by atoms with Gasteiger partial charge < -0.3 is 24.6 Å². The number of hydrogen-bond acceptors (Lipinski definition) is 5. The Morgan fingerprint density at radius 1 is 1.07 bits per heavy atom. The minimum Gasteiger partial charge on any atom is -0.445 e. The van der Waals surface area contributed by atoms with Crippen molar-refractivity contribution < 1.29 is 19.1 Å². The zero-order valence-electron chi connectivity index (χ0n) is 17.0. The summed E-state index contributed by atoms with van der Waals surface area (Å²) in [6.07, 6.45) is 0.914. The molecule has 0 aliphatic carbocycles. The van der Waals surface area contributed by atoms with E-state index in [0.29, 0.717) is 26.1 Å². The molecular formula is C21H31N3O4. The SMILES string of the molecule is CC(C)(C)OC(=O)N1CCNC2CCN(C(=O)OCc3ccccc3)CCC21. The predicted molar refractivity (Wildman–Crippen MR) is 106 cm³/mol. The maximum absolute atomic E-state index is 12.6. The van der Waals surface area contributed by atoms with Crippen molar-refractivity contribution in [3.8, 4) is 0 Å². The number of benzene rings is 1. The second-order valence-corrected chi connectivity index (χ2v) is 8.41. The van der Waals surface area contributed by atoms with Crippen molar-refractivity contribution >= 4 is 12.2 Å². The number of likely N-dealkylation sites (tertiary alicyclic amines) is 1. The van der Waals surface area contributed by atoms with E-state index in [2.05, 4.69) is 5.32 Å². The average molecular weight is 389 g/mol. The molecule has 2 amide bonds.